The Balaban J connectivity index is 5.25. The lowest BCUT2D eigenvalue weighted by molar-refractivity contribution is -0.161. The number of hydrogen-bond acceptors (Lipinski definition) is 15. The van der Waals surface area contributed by atoms with E-state index in [1.54, 1.807) is 0 Å². The first-order valence-electron chi connectivity index (χ1n) is 33.2. The number of esters is 4. The molecule has 0 radical (unpaired) electrons. The fourth-order valence-electron chi connectivity index (χ4n) is 9.40. The minimum absolute atomic E-state index is 0.100. The molecule has 3 N–H and O–H groups in total. The molecule has 0 fully saturated rings. The number of unbranched alkanes of at least 4 members (excludes halogenated alkanes) is 26. The Morgan fingerprint density at radius 2 is 0.578 bits per heavy atom. The van der Waals surface area contributed by atoms with Crippen molar-refractivity contribution in [2.75, 3.05) is 39.6 Å². The zero-order valence-electron chi connectivity index (χ0n) is 53.8. The van der Waals surface area contributed by atoms with Crippen LogP contribution in [0.15, 0.2) is 0 Å². The summed E-state index contributed by atoms with van der Waals surface area (Å²) in [4.78, 5) is 72.2. The SMILES string of the molecule is CCC(C)CCCCCCCCCCC(=O)OC[C@H](COP(=O)(O)OC[C@@H](O)COP(=O)(O)OC[C@@H](COC(=O)CCCCCCCCC(C)C)OC(=O)CCCCCCCCC(C)C)OC(=O)CCCCCCCCCCCCC(C)C. The van der Waals surface area contributed by atoms with E-state index in [0.717, 1.165) is 108 Å². The Morgan fingerprint density at radius 1 is 0.337 bits per heavy atom. The van der Waals surface area contributed by atoms with Crippen LogP contribution in [0.1, 0.15) is 306 Å². The van der Waals surface area contributed by atoms with E-state index in [0.29, 0.717) is 37.5 Å². The summed E-state index contributed by atoms with van der Waals surface area (Å²) in [6.45, 7) is 13.9. The van der Waals surface area contributed by atoms with E-state index < -0.39 is 97.5 Å². The molecule has 17 nitrogen and oxygen atoms in total. The lowest BCUT2D eigenvalue weighted by atomic mass is 9.99. The summed E-state index contributed by atoms with van der Waals surface area (Å²) in [5, 5.41) is 10.5. The summed E-state index contributed by atoms with van der Waals surface area (Å²) in [6.07, 6.45) is 33.7. The Labute approximate surface area is 505 Å². The second-order valence-electron chi connectivity index (χ2n) is 24.8. The first-order chi connectivity index (χ1) is 39.6. The molecule has 6 atom stereocenters. The first-order valence-corrected chi connectivity index (χ1v) is 36.2. The lowest BCUT2D eigenvalue weighted by Crippen LogP contribution is -2.30. The van der Waals surface area contributed by atoms with Crippen LogP contribution in [0.3, 0.4) is 0 Å². The molecule has 0 amide bonds. The summed E-state index contributed by atoms with van der Waals surface area (Å²) in [5.41, 5.74) is 0. The van der Waals surface area contributed by atoms with Gasteiger partial charge in [0.05, 0.1) is 26.4 Å². The molecule has 0 aromatic carbocycles. The van der Waals surface area contributed by atoms with Gasteiger partial charge in [-0.05, 0) is 49.4 Å². The van der Waals surface area contributed by atoms with Gasteiger partial charge in [0, 0.05) is 25.7 Å². The molecule has 0 rings (SSSR count). The van der Waals surface area contributed by atoms with E-state index in [1.807, 2.05) is 0 Å². The van der Waals surface area contributed by atoms with Gasteiger partial charge >= 0.3 is 39.5 Å². The second-order valence-corrected chi connectivity index (χ2v) is 27.7. The number of aliphatic hydroxyl groups is 1. The molecule has 0 aliphatic carbocycles. The van der Waals surface area contributed by atoms with Crippen molar-refractivity contribution in [1.29, 1.82) is 0 Å². The largest absolute Gasteiger partial charge is 0.472 e. The minimum atomic E-state index is -4.95. The Kier molecular flexibility index (Phi) is 53.0. The quantitative estimate of drug-likeness (QED) is 0.0222. The number of ether oxygens (including phenoxy) is 4. The number of hydrogen-bond donors (Lipinski definition) is 3. The van der Waals surface area contributed by atoms with E-state index in [1.165, 1.54) is 103 Å². The molecule has 0 aliphatic rings. The van der Waals surface area contributed by atoms with Crippen LogP contribution in [0.4, 0.5) is 0 Å². The molecule has 0 saturated carbocycles. The lowest BCUT2D eigenvalue weighted by Gasteiger charge is -2.21. The maximum atomic E-state index is 13.0. The van der Waals surface area contributed by atoms with Crippen LogP contribution >= 0.6 is 15.6 Å². The molecule has 0 heterocycles. The molecule has 3 unspecified atom stereocenters. The third kappa shape index (κ3) is 57.6. The van der Waals surface area contributed by atoms with Gasteiger partial charge in [0.2, 0.25) is 0 Å². The number of carbonyl (C=O) groups excluding carboxylic acids is 4. The van der Waals surface area contributed by atoms with Crippen molar-refractivity contribution < 1.29 is 80.2 Å². The van der Waals surface area contributed by atoms with Gasteiger partial charge in [-0.15, -0.1) is 0 Å². The topological polar surface area (TPSA) is 237 Å². The number of carbonyl (C=O) groups is 4. The monoisotopic (exact) mass is 1230 g/mol. The van der Waals surface area contributed by atoms with E-state index in [9.17, 15) is 43.2 Å². The van der Waals surface area contributed by atoms with Crippen LogP contribution in [-0.4, -0.2) is 96.7 Å². The van der Waals surface area contributed by atoms with Gasteiger partial charge in [-0.1, -0.05) is 254 Å². The van der Waals surface area contributed by atoms with Crippen LogP contribution in [-0.2, 0) is 65.4 Å². The van der Waals surface area contributed by atoms with Crippen LogP contribution in [0.2, 0.25) is 0 Å². The minimum Gasteiger partial charge on any atom is -0.462 e. The van der Waals surface area contributed by atoms with Gasteiger partial charge < -0.3 is 33.8 Å². The highest BCUT2D eigenvalue weighted by Crippen LogP contribution is 2.45. The summed E-state index contributed by atoms with van der Waals surface area (Å²) in [7, 11) is -9.89. The number of rotatable bonds is 61. The molecule has 0 saturated heterocycles. The first kappa shape index (κ1) is 81.1. The van der Waals surface area contributed by atoms with Crippen molar-refractivity contribution in [3.63, 3.8) is 0 Å². The van der Waals surface area contributed by atoms with Crippen LogP contribution in [0.5, 0.6) is 0 Å². The fourth-order valence-corrected chi connectivity index (χ4v) is 11.0. The maximum Gasteiger partial charge on any atom is 0.472 e. The predicted molar refractivity (Wildman–Crippen MR) is 331 cm³/mol. The fraction of sp³-hybridized carbons (Fsp3) is 0.938. The van der Waals surface area contributed by atoms with E-state index in [4.69, 9.17) is 37.0 Å². The summed E-state index contributed by atoms with van der Waals surface area (Å²) in [6, 6.07) is 0. The molecule has 0 spiro atoms. The number of aliphatic hydroxyl groups excluding tert-OH is 1. The van der Waals surface area contributed by atoms with Crippen molar-refractivity contribution in [2.45, 2.75) is 324 Å². The standard InChI is InChI=1S/C64H124O17P2/c1-9-57(8)43-35-27-17-14-15-18-28-36-44-61(66)74-50-59(80-63(68)46-38-30-19-13-11-10-12-16-24-32-40-54(2)3)52-78-82(70,71)76-48-58(65)49-77-83(72,73)79-53-60(81-64(69)47-39-31-23-21-26-34-42-56(6)7)51-75-62(67)45-37-29-22-20-25-33-41-55(4)5/h54-60,65H,9-53H2,1-8H3,(H,70,71)(H,72,73)/t57?,58-,59-,60-/m1/s1. The summed E-state index contributed by atoms with van der Waals surface area (Å²) >= 11 is 0. The normalized spacial score (nSPS) is 14.8. The second kappa shape index (κ2) is 54.2. The average Bonchev–Trinajstić information content (AvgIpc) is 3.45. The van der Waals surface area contributed by atoms with Gasteiger partial charge in [-0.2, -0.15) is 0 Å². The number of phosphoric acid groups is 2. The summed E-state index contributed by atoms with van der Waals surface area (Å²) in [5.74, 6) is 0.734. The van der Waals surface area contributed by atoms with Crippen molar-refractivity contribution in [3.05, 3.63) is 0 Å². The van der Waals surface area contributed by atoms with Gasteiger partial charge in [0.1, 0.15) is 19.3 Å². The highest BCUT2D eigenvalue weighted by molar-refractivity contribution is 7.47. The van der Waals surface area contributed by atoms with Gasteiger partial charge in [0.25, 0.3) is 0 Å². The van der Waals surface area contributed by atoms with Crippen molar-refractivity contribution in [2.24, 2.45) is 23.7 Å². The predicted octanol–water partition coefficient (Wildman–Crippen LogP) is 17.4. The maximum absolute atomic E-state index is 13.0. The summed E-state index contributed by atoms with van der Waals surface area (Å²) < 4.78 is 67.9. The highest BCUT2D eigenvalue weighted by atomic mass is 31.2. The Hall–Kier alpha value is -1.94. The van der Waals surface area contributed by atoms with Crippen molar-refractivity contribution in [1.82, 2.24) is 0 Å². The number of phosphoric ester groups is 2. The van der Waals surface area contributed by atoms with Crippen LogP contribution < -0.4 is 0 Å². The Morgan fingerprint density at radius 3 is 0.855 bits per heavy atom. The van der Waals surface area contributed by atoms with Gasteiger partial charge in [0.15, 0.2) is 12.2 Å². The van der Waals surface area contributed by atoms with Crippen LogP contribution in [0, 0.1) is 23.7 Å². The van der Waals surface area contributed by atoms with Crippen molar-refractivity contribution >= 4 is 39.5 Å². The molecule has 0 aromatic heterocycles. The highest BCUT2D eigenvalue weighted by Gasteiger charge is 2.30. The van der Waals surface area contributed by atoms with Gasteiger partial charge in [-0.25, -0.2) is 9.13 Å². The molecule has 0 bridgehead atoms. The average molecular weight is 1230 g/mol. The molecular weight excluding hydrogens is 1100 g/mol. The molecule has 0 aromatic rings. The Bertz CT molecular complexity index is 1660. The molecule has 19 heteroatoms. The molecular formula is C64H124O17P2. The third-order valence-electron chi connectivity index (χ3n) is 14.9. The molecule has 83 heavy (non-hydrogen) atoms. The molecule has 492 valence electrons. The third-order valence-corrected chi connectivity index (χ3v) is 16.8. The van der Waals surface area contributed by atoms with E-state index >= 15 is 0 Å². The van der Waals surface area contributed by atoms with Gasteiger partial charge in [-0.3, -0.25) is 37.3 Å². The molecule has 0 aliphatic heterocycles. The smallest absolute Gasteiger partial charge is 0.462 e. The van der Waals surface area contributed by atoms with E-state index in [-0.39, 0.29) is 25.7 Å². The zero-order valence-corrected chi connectivity index (χ0v) is 55.6. The van der Waals surface area contributed by atoms with Crippen LogP contribution in [0.25, 0.3) is 0 Å². The van der Waals surface area contributed by atoms with E-state index in [2.05, 4.69) is 55.4 Å². The zero-order chi connectivity index (χ0) is 61.8. The van der Waals surface area contributed by atoms with Crippen molar-refractivity contribution in [3.8, 4) is 0 Å².